The standard InChI is InChI=1S/C15H19N3O2/c1-3-11-4-6-14(10(11)2)17-13-5-7-15(18(19)20)12(8-13)9-16/h5,7-8,10-11,14,17H,3-4,6H2,1-2H3. The summed E-state index contributed by atoms with van der Waals surface area (Å²) in [5.74, 6) is 1.32. The molecule has 5 nitrogen and oxygen atoms in total. The summed E-state index contributed by atoms with van der Waals surface area (Å²) in [5, 5.41) is 23.2. The molecule has 0 amide bonds. The van der Waals surface area contributed by atoms with Crippen LogP contribution in [0.2, 0.25) is 0 Å². The lowest BCUT2D eigenvalue weighted by Gasteiger charge is -2.22. The Balaban J connectivity index is 2.15. The quantitative estimate of drug-likeness (QED) is 0.670. The number of nitro groups is 1. The first-order valence-electron chi connectivity index (χ1n) is 7.01. The molecule has 0 radical (unpaired) electrons. The third kappa shape index (κ3) is 2.74. The molecular formula is C15H19N3O2. The third-order valence-electron chi connectivity index (χ3n) is 4.42. The average Bonchev–Trinajstić information content (AvgIpc) is 2.79. The molecule has 3 atom stereocenters. The van der Waals surface area contributed by atoms with Crippen molar-refractivity contribution in [3.8, 4) is 6.07 Å². The molecular weight excluding hydrogens is 254 g/mol. The van der Waals surface area contributed by atoms with Gasteiger partial charge in [0.1, 0.15) is 11.6 Å². The first-order valence-corrected chi connectivity index (χ1v) is 7.01. The lowest BCUT2D eigenvalue weighted by Crippen LogP contribution is -2.24. The Morgan fingerprint density at radius 2 is 2.25 bits per heavy atom. The highest BCUT2D eigenvalue weighted by Crippen LogP contribution is 2.36. The second-order valence-electron chi connectivity index (χ2n) is 5.46. The molecule has 0 bridgehead atoms. The van der Waals surface area contributed by atoms with E-state index in [0.29, 0.717) is 12.0 Å². The Morgan fingerprint density at radius 3 is 2.80 bits per heavy atom. The van der Waals surface area contributed by atoms with E-state index in [4.69, 9.17) is 5.26 Å². The van der Waals surface area contributed by atoms with Gasteiger partial charge in [-0.15, -0.1) is 0 Å². The van der Waals surface area contributed by atoms with Crippen LogP contribution in [0.3, 0.4) is 0 Å². The Morgan fingerprint density at radius 1 is 1.50 bits per heavy atom. The molecule has 3 unspecified atom stereocenters. The maximum Gasteiger partial charge on any atom is 0.287 e. The van der Waals surface area contributed by atoms with Crippen LogP contribution in [0.5, 0.6) is 0 Å². The van der Waals surface area contributed by atoms with Gasteiger partial charge in [-0.2, -0.15) is 5.26 Å². The second kappa shape index (κ2) is 5.91. The summed E-state index contributed by atoms with van der Waals surface area (Å²) in [6, 6.07) is 6.93. The van der Waals surface area contributed by atoms with E-state index < -0.39 is 4.92 Å². The molecule has 0 heterocycles. The fraction of sp³-hybridized carbons (Fsp3) is 0.533. The van der Waals surface area contributed by atoms with Crippen LogP contribution in [0.15, 0.2) is 18.2 Å². The van der Waals surface area contributed by atoms with Gasteiger partial charge in [-0.25, -0.2) is 0 Å². The van der Waals surface area contributed by atoms with Crippen molar-refractivity contribution in [1.82, 2.24) is 0 Å². The fourth-order valence-corrected chi connectivity index (χ4v) is 3.12. The van der Waals surface area contributed by atoms with E-state index in [9.17, 15) is 10.1 Å². The molecule has 5 heteroatoms. The van der Waals surface area contributed by atoms with Crippen molar-refractivity contribution in [2.24, 2.45) is 11.8 Å². The van der Waals surface area contributed by atoms with E-state index in [1.54, 1.807) is 12.1 Å². The minimum atomic E-state index is -0.520. The largest absolute Gasteiger partial charge is 0.382 e. The molecule has 2 rings (SSSR count). The highest BCUT2D eigenvalue weighted by atomic mass is 16.6. The van der Waals surface area contributed by atoms with Crippen molar-refractivity contribution in [2.75, 3.05) is 5.32 Å². The highest BCUT2D eigenvalue weighted by molar-refractivity contribution is 5.59. The molecule has 1 aromatic rings. The Kier molecular flexibility index (Phi) is 4.23. The number of nitriles is 1. The zero-order valence-electron chi connectivity index (χ0n) is 11.8. The number of nitrogens with zero attached hydrogens (tertiary/aromatic N) is 2. The minimum absolute atomic E-state index is 0.109. The average molecular weight is 273 g/mol. The lowest BCUT2D eigenvalue weighted by molar-refractivity contribution is -0.385. The Labute approximate surface area is 118 Å². The molecule has 1 N–H and O–H groups in total. The number of anilines is 1. The van der Waals surface area contributed by atoms with Gasteiger partial charge in [0, 0.05) is 17.8 Å². The molecule has 1 fully saturated rings. The van der Waals surface area contributed by atoms with E-state index in [1.165, 1.54) is 18.9 Å². The normalized spacial score (nSPS) is 25.1. The molecule has 0 aromatic heterocycles. The highest BCUT2D eigenvalue weighted by Gasteiger charge is 2.31. The zero-order chi connectivity index (χ0) is 14.7. The number of hydrogen-bond acceptors (Lipinski definition) is 4. The predicted molar refractivity (Wildman–Crippen MR) is 77.4 cm³/mol. The van der Waals surface area contributed by atoms with Crippen molar-refractivity contribution in [1.29, 1.82) is 5.26 Å². The zero-order valence-corrected chi connectivity index (χ0v) is 11.8. The van der Waals surface area contributed by atoms with Crippen LogP contribution >= 0.6 is 0 Å². The number of nitro benzene ring substituents is 1. The molecule has 1 saturated carbocycles. The Hall–Kier alpha value is -2.09. The third-order valence-corrected chi connectivity index (χ3v) is 4.42. The summed E-state index contributed by atoms with van der Waals surface area (Å²) in [4.78, 5) is 10.3. The first kappa shape index (κ1) is 14.3. The van der Waals surface area contributed by atoms with Gasteiger partial charge in [0.15, 0.2) is 0 Å². The van der Waals surface area contributed by atoms with Crippen LogP contribution in [0.25, 0.3) is 0 Å². The van der Waals surface area contributed by atoms with Crippen molar-refractivity contribution in [3.05, 3.63) is 33.9 Å². The van der Waals surface area contributed by atoms with Crippen LogP contribution in [-0.4, -0.2) is 11.0 Å². The van der Waals surface area contributed by atoms with Gasteiger partial charge >= 0.3 is 0 Å². The molecule has 106 valence electrons. The SMILES string of the molecule is CCC1CCC(Nc2ccc([N+](=O)[O-])c(C#N)c2)C1C. The molecule has 20 heavy (non-hydrogen) atoms. The van der Waals surface area contributed by atoms with E-state index in [0.717, 1.165) is 18.0 Å². The molecule has 1 aromatic carbocycles. The van der Waals surface area contributed by atoms with Gasteiger partial charge in [-0.1, -0.05) is 20.3 Å². The number of hydrogen-bond donors (Lipinski definition) is 1. The summed E-state index contributed by atoms with van der Waals surface area (Å²) < 4.78 is 0. The van der Waals surface area contributed by atoms with Gasteiger partial charge in [0.05, 0.1) is 4.92 Å². The van der Waals surface area contributed by atoms with E-state index in [2.05, 4.69) is 19.2 Å². The van der Waals surface area contributed by atoms with Crippen molar-refractivity contribution < 1.29 is 4.92 Å². The van der Waals surface area contributed by atoms with Gasteiger partial charge in [-0.05, 0) is 36.8 Å². The van der Waals surface area contributed by atoms with Gasteiger partial charge in [0.2, 0.25) is 0 Å². The summed E-state index contributed by atoms with van der Waals surface area (Å²) in [6.07, 6.45) is 3.51. The van der Waals surface area contributed by atoms with Crippen molar-refractivity contribution in [3.63, 3.8) is 0 Å². The van der Waals surface area contributed by atoms with E-state index in [-0.39, 0.29) is 11.3 Å². The number of benzene rings is 1. The topological polar surface area (TPSA) is 79.0 Å². The van der Waals surface area contributed by atoms with Crippen LogP contribution in [0.1, 0.15) is 38.7 Å². The van der Waals surface area contributed by atoms with Gasteiger partial charge in [-0.3, -0.25) is 10.1 Å². The van der Waals surface area contributed by atoms with Crippen molar-refractivity contribution in [2.45, 2.75) is 39.2 Å². The maximum atomic E-state index is 10.8. The molecule has 1 aliphatic carbocycles. The van der Waals surface area contributed by atoms with Crippen molar-refractivity contribution >= 4 is 11.4 Å². The fourth-order valence-electron chi connectivity index (χ4n) is 3.12. The number of nitrogens with one attached hydrogen (secondary N) is 1. The maximum absolute atomic E-state index is 10.8. The van der Waals surface area contributed by atoms with Crippen LogP contribution < -0.4 is 5.32 Å². The number of rotatable bonds is 4. The van der Waals surface area contributed by atoms with E-state index in [1.807, 2.05) is 6.07 Å². The molecule has 1 aliphatic rings. The van der Waals surface area contributed by atoms with Crippen LogP contribution in [0.4, 0.5) is 11.4 Å². The molecule has 0 spiro atoms. The van der Waals surface area contributed by atoms with Crippen LogP contribution in [0, 0.1) is 33.3 Å². The summed E-state index contributed by atoms with van der Waals surface area (Å²) >= 11 is 0. The van der Waals surface area contributed by atoms with E-state index >= 15 is 0 Å². The smallest absolute Gasteiger partial charge is 0.287 e. The summed E-state index contributed by atoms with van der Waals surface area (Å²) in [5.41, 5.74) is 0.766. The lowest BCUT2D eigenvalue weighted by atomic mass is 9.93. The second-order valence-corrected chi connectivity index (χ2v) is 5.46. The first-order chi connectivity index (χ1) is 9.56. The predicted octanol–water partition coefficient (Wildman–Crippen LogP) is 3.70. The molecule has 0 aliphatic heterocycles. The van der Waals surface area contributed by atoms with Gasteiger partial charge < -0.3 is 5.32 Å². The Bertz CT molecular complexity index is 551. The monoisotopic (exact) mass is 273 g/mol. The summed E-state index contributed by atoms with van der Waals surface area (Å²) in [6.45, 7) is 4.46. The molecule has 0 saturated heterocycles. The van der Waals surface area contributed by atoms with Gasteiger partial charge in [0.25, 0.3) is 5.69 Å². The summed E-state index contributed by atoms with van der Waals surface area (Å²) in [7, 11) is 0. The minimum Gasteiger partial charge on any atom is -0.382 e. The van der Waals surface area contributed by atoms with Crippen LogP contribution in [-0.2, 0) is 0 Å².